The number of likely N-dealkylation sites (tertiary alicyclic amines) is 1. The second-order valence-corrected chi connectivity index (χ2v) is 8.27. The number of hydrogen-bond donors (Lipinski definition) is 1. The molecule has 136 valence electrons. The van der Waals surface area contributed by atoms with Crippen molar-refractivity contribution < 1.29 is 9.53 Å². The van der Waals surface area contributed by atoms with Gasteiger partial charge in [0.05, 0.1) is 6.04 Å². The van der Waals surface area contributed by atoms with Gasteiger partial charge in [0.15, 0.2) is 0 Å². The molecule has 4 rings (SSSR count). The molecule has 1 heterocycles. The Morgan fingerprint density at radius 1 is 1.19 bits per heavy atom. The van der Waals surface area contributed by atoms with Crippen LogP contribution in [0.1, 0.15) is 18.9 Å². The lowest BCUT2D eigenvalue weighted by Crippen LogP contribution is -2.44. The molecule has 1 aliphatic heterocycles. The SMILES string of the molecule is CC(=O)Nc1ccc(O[C@H]2C[C@H]3CN(Cc4ccccc4)[C@@H]2[C@@H]3Br)cc1. The lowest BCUT2D eigenvalue weighted by atomic mass is 10.1. The number of halogens is 1. The van der Waals surface area contributed by atoms with Crippen molar-refractivity contribution in [3.8, 4) is 5.75 Å². The van der Waals surface area contributed by atoms with Gasteiger partial charge in [-0.1, -0.05) is 46.3 Å². The van der Waals surface area contributed by atoms with E-state index in [2.05, 4.69) is 56.5 Å². The Morgan fingerprint density at radius 2 is 1.92 bits per heavy atom. The smallest absolute Gasteiger partial charge is 0.221 e. The number of ether oxygens (including phenoxy) is 1. The molecule has 2 fully saturated rings. The molecule has 1 saturated heterocycles. The Morgan fingerprint density at radius 3 is 2.58 bits per heavy atom. The van der Waals surface area contributed by atoms with Gasteiger partial charge in [0, 0.05) is 30.5 Å². The van der Waals surface area contributed by atoms with Crippen LogP contribution in [0, 0.1) is 5.92 Å². The molecule has 1 N–H and O–H groups in total. The predicted octanol–water partition coefficient (Wildman–Crippen LogP) is 4.06. The van der Waals surface area contributed by atoms with Crippen LogP contribution in [0.3, 0.4) is 0 Å². The summed E-state index contributed by atoms with van der Waals surface area (Å²) in [4.78, 5) is 14.2. The number of benzene rings is 2. The number of hydrogen-bond acceptors (Lipinski definition) is 3. The first-order valence-electron chi connectivity index (χ1n) is 9.06. The van der Waals surface area contributed by atoms with E-state index in [1.54, 1.807) is 0 Å². The number of carbonyl (C=O) groups excluding carboxylic acids is 1. The molecule has 0 aromatic heterocycles. The second kappa shape index (κ2) is 7.41. The third kappa shape index (κ3) is 3.64. The number of amides is 1. The van der Waals surface area contributed by atoms with Gasteiger partial charge in [-0.2, -0.15) is 0 Å². The summed E-state index contributed by atoms with van der Waals surface area (Å²) in [7, 11) is 0. The van der Waals surface area contributed by atoms with Gasteiger partial charge >= 0.3 is 0 Å². The monoisotopic (exact) mass is 414 g/mol. The van der Waals surface area contributed by atoms with Gasteiger partial charge in [0.1, 0.15) is 11.9 Å². The molecule has 2 bridgehead atoms. The van der Waals surface area contributed by atoms with Gasteiger partial charge in [-0.25, -0.2) is 0 Å². The number of piperidine rings is 1. The highest BCUT2D eigenvalue weighted by molar-refractivity contribution is 9.09. The summed E-state index contributed by atoms with van der Waals surface area (Å²) in [6.45, 7) is 3.60. The van der Waals surface area contributed by atoms with E-state index in [1.165, 1.54) is 12.5 Å². The van der Waals surface area contributed by atoms with Crippen molar-refractivity contribution in [3.63, 3.8) is 0 Å². The molecule has 2 aromatic carbocycles. The van der Waals surface area contributed by atoms with Crippen LogP contribution in [0.25, 0.3) is 0 Å². The third-order valence-electron chi connectivity index (χ3n) is 5.27. The summed E-state index contributed by atoms with van der Waals surface area (Å²) in [6, 6.07) is 18.6. The Kier molecular flexibility index (Phi) is 5.00. The average Bonchev–Trinajstić information content (AvgIpc) is 3.08. The fourth-order valence-corrected chi connectivity index (χ4v) is 5.24. The zero-order valence-electron chi connectivity index (χ0n) is 14.8. The maximum Gasteiger partial charge on any atom is 0.221 e. The van der Waals surface area contributed by atoms with Crippen molar-refractivity contribution in [1.29, 1.82) is 0 Å². The van der Waals surface area contributed by atoms with Crippen LogP contribution in [-0.4, -0.2) is 34.3 Å². The lowest BCUT2D eigenvalue weighted by molar-refractivity contribution is -0.114. The van der Waals surface area contributed by atoms with Crippen molar-refractivity contribution in [1.82, 2.24) is 4.90 Å². The Balaban J connectivity index is 1.43. The van der Waals surface area contributed by atoms with Crippen LogP contribution in [0.2, 0.25) is 0 Å². The molecule has 0 radical (unpaired) electrons. The van der Waals surface area contributed by atoms with Crippen LogP contribution in [-0.2, 0) is 11.3 Å². The highest BCUT2D eigenvalue weighted by atomic mass is 79.9. The van der Waals surface area contributed by atoms with Crippen molar-refractivity contribution in [2.45, 2.75) is 36.9 Å². The molecule has 1 amide bonds. The molecule has 4 nitrogen and oxygen atoms in total. The maximum atomic E-state index is 11.1. The van der Waals surface area contributed by atoms with E-state index in [0.29, 0.717) is 16.8 Å². The minimum atomic E-state index is -0.0644. The lowest BCUT2D eigenvalue weighted by Gasteiger charge is -2.33. The molecule has 1 aliphatic carbocycles. The molecule has 0 unspecified atom stereocenters. The Labute approximate surface area is 162 Å². The molecular weight excluding hydrogens is 392 g/mol. The highest BCUT2D eigenvalue weighted by Gasteiger charge is 2.52. The van der Waals surface area contributed by atoms with E-state index in [4.69, 9.17) is 4.74 Å². The minimum Gasteiger partial charge on any atom is -0.489 e. The molecule has 2 aliphatic rings. The first kappa shape index (κ1) is 17.6. The summed E-state index contributed by atoms with van der Waals surface area (Å²) < 4.78 is 6.32. The zero-order valence-corrected chi connectivity index (χ0v) is 16.4. The number of carbonyl (C=O) groups is 1. The number of anilines is 1. The van der Waals surface area contributed by atoms with Crippen molar-refractivity contribution in [3.05, 3.63) is 60.2 Å². The maximum absolute atomic E-state index is 11.1. The predicted molar refractivity (Wildman–Crippen MR) is 107 cm³/mol. The van der Waals surface area contributed by atoms with E-state index in [9.17, 15) is 4.79 Å². The average molecular weight is 415 g/mol. The summed E-state index contributed by atoms with van der Waals surface area (Å²) in [5.41, 5.74) is 2.14. The molecule has 2 aromatic rings. The number of nitrogens with one attached hydrogen (secondary N) is 1. The van der Waals surface area contributed by atoms with Crippen LogP contribution >= 0.6 is 15.9 Å². The van der Waals surface area contributed by atoms with Gasteiger partial charge in [-0.05, 0) is 42.2 Å². The Bertz CT molecular complexity index is 765. The number of fused-ring (bicyclic) bond motifs is 2. The topological polar surface area (TPSA) is 41.6 Å². The van der Waals surface area contributed by atoms with Crippen LogP contribution in [0.4, 0.5) is 5.69 Å². The number of nitrogens with zero attached hydrogens (tertiary/aromatic N) is 1. The van der Waals surface area contributed by atoms with Crippen molar-refractivity contribution in [2.75, 3.05) is 11.9 Å². The van der Waals surface area contributed by atoms with Crippen molar-refractivity contribution in [2.24, 2.45) is 5.92 Å². The molecule has 5 heteroatoms. The first-order chi connectivity index (χ1) is 12.6. The first-order valence-corrected chi connectivity index (χ1v) is 9.98. The summed E-state index contributed by atoms with van der Waals surface area (Å²) in [5, 5.41) is 2.78. The standard InChI is InChI=1S/C21H23BrN2O2/c1-14(25)23-17-7-9-18(10-8-17)26-19-11-16-13-24(21(19)20(16)22)12-15-5-3-2-4-6-15/h2-10,16,19-21H,11-13H2,1H3,(H,23,25)/t16-,19-,20+,21-/m0/s1. The molecule has 4 atom stereocenters. The second-order valence-electron chi connectivity index (χ2n) is 7.21. The normalized spacial score (nSPS) is 27.5. The van der Waals surface area contributed by atoms with E-state index in [0.717, 1.165) is 30.9 Å². The third-order valence-corrected chi connectivity index (χ3v) is 6.56. The van der Waals surface area contributed by atoms with Gasteiger partial charge < -0.3 is 10.1 Å². The summed E-state index contributed by atoms with van der Waals surface area (Å²) in [5.74, 6) is 1.42. The number of rotatable bonds is 5. The fourth-order valence-electron chi connectivity index (χ4n) is 4.19. The molecule has 0 spiro atoms. The molecule has 1 saturated carbocycles. The van der Waals surface area contributed by atoms with Crippen LogP contribution in [0.5, 0.6) is 5.75 Å². The molecule has 26 heavy (non-hydrogen) atoms. The highest BCUT2D eigenvalue weighted by Crippen LogP contribution is 2.44. The van der Waals surface area contributed by atoms with E-state index in [-0.39, 0.29) is 12.0 Å². The van der Waals surface area contributed by atoms with Crippen LogP contribution in [0.15, 0.2) is 54.6 Å². The van der Waals surface area contributed by atoms with E-state index in [1.807, 2.05) is 24.3 Å². The summed E-state index contributed by atoms with van der Waals surface area (Å²) in [6.07, 6.45) is 1.27. The summed E-state index contributed by atoms with van der Waals surface area (Å²) >= 11 is 3.91. The van der Waals surface area contributed by atoms with Gasteiger partial charge in [0.2, 0.25) is 5.91 Å². The quantitative estimate of drug-likeness (QED) is 0.749. The van der Waals surface area contributed by atoms with Crippen molar-refractivity contribution >= 4 is 27.5 Å². The molecular formula is C21H23BrN2O2. The largest absolute Gasteiger partial charge is 0.489 e. The van der Waals surface area contributed by atoms with E-state index < -0.39 is 0 Å². The van der Waals surface area contributed by atoms with E-state index >= 15 is 0 Å². The van der Waals surface area contributed by atoms with Gasteiger partial charge in [0.25, 0.3) is 0 Å². The number of alkyl halides is 1. The minimum absolute atomic E-state index is 0.0644. The van der Waals surface area contributed by atoms with Crippen LogP contribution < -0.4 is 10.1 Å². The Hall–Kier alpha value is -1.85. The van der Waals surface area contributed by atoms with Gasteiger partial charge in [-0.15, -0.1) is 0 Å². The van der Waals surface area contributed by atoms with Gasteiger partial charge in [-0.3, -0.25) is 9.69 Å². The fraction of sp³-hybridized carbons (Fsp3) is 0.381. The zero-order chi connectivity index (χ0) is 18.1.